The molecule has 1 N–H and O–H groups in total. The van der Waals surface area contributed by atoms with Crippen LogP contribution < -0.4 is 0 Å². The molecule has 2 aromatic heterocycles. The number of carboxylic acid groups (broad SMARTS) is 1. The highest BCUT2D eigenvalue weighted by molar-refractivity contribution is 7.05. The van der Waals surface area contributed by atoms with Gasteiger partial charge in [-0.05, 0) is 35.8 Å². The molecule has 0 atom stereocenters. The Hall–Kier alpha value is -2.21. The minimum Gasteiger partial charge on any atom is -0.478 e. The third-order valence-corrected chi connectivity index (χ3v) is 3.41. The lowest BCUT2D eigenvalue weighted by molar-refractivity contribution is 0.0697. The second kappa shape index (κ2) is 4.23. The minimum atomic E-state index is -0.928. The average Bonchev–Trinajstić information content (AvgIpc) is 2.99. The molecule has 0 radical (unpaired) electrons. The predicted octanol–water partition coefficient (Wildman–Crippen LogP) is 2.24. The van der Waals surface area contributed by atoms with Gasteiger partial charge >= 0.3 is 5.97 Å². The SMILES string of the molecule is O=C(O)c1ccc2ncn(Cc3ccns3)c2c1. The van der Waals surface area contributed by atoms with Crippen molar-refractivity contribution in [2.45, 2.75) is 6.54 Å². The van der Waals surface area contributed by atoms with Crippen LogP contribution in [0.4, 0.5) is 0 Å². The lowest BCUT2D eigenvalue weighted by Crippen LogP contribution is -1.99. The Bertz CT molecular complexity index is 703. The van der Waals surface area contributed by atoms with Gasteiger partial charge in [0.05, 0.1) is 29.5 Å². The van der Waals surface area contributed by atoms with Crippen molar-refractivity contribution >= 4 is 28.5 Å². The lowest BCUT2D eigenvalue weighted by atomic mass is 10.2. The summed E-state index contributed by atoms with van der Waals surface area (Å²) in [6, 6.07) is 6.87. The summed E-state index contributed by atoms with van der Waals surface area (Å²) < 4.78 is 5.97. The van der Waals surface area contributed by atoms with Gasteiger partial charge in [-0.25, -0.2) is 14.2 Å². The van der Waals surface area contributed by atoms with Crippen molar-refractivity contribution in [3.63, 3.8) is 0 Å². The van der Waals surface area contributed by atoms with Gasteiger partial charge in [0.1, 0.15) is 0 Å². The summed E-state index contributed by atoms with van der Waals surface area (Å²) in [6.45, 7) is 0.657. The maximum Gasteiger partial charge on any atom is 0.335 e. The molecule has 0 saturated heterocycles. The first-order valence-corrected chi connectivity index (χ1v) is 6.09. The fraction of sp³-hybridized carbons (Fsp3) is 0.0833. The van der Waals surface area contributed by atoms with E-state index in [0.29, 0.717) is 6.54 Å². The van der Waals surface area contributed by atoms with Gasteiger partial charge in [-0.1, -0.05) is 0 Å². The van der Waals surface area contributed by atoms with Crippen LogP contribution in [-0.2, 0) is 6.54 Å². The molecule has 3 aromatic rings. The molecule has 5 nitrogen and oxygen atoms in total. The van der Waals surface area contributed by atoms with E-state index in [2.05, 4.69) is 9.36 Å². The Morgan fingerprint density at radius 2 is 2.28 bits per heavy atom. The highest BCUT2D eigenvalue weighted by atomic mass is 32.1. The van der Waals surface area contributed by atoms with E-state index in [-0.39, 0.29) is 5.56 Å². The summed E-state index contributed by atoms with van der Waals surface area (Å²) in [5.74, 6) is -0.928. The number of nitrogens with zero attached hydrogens (tertiary/aromatic N) is 3. The quantitative estimate of drug-likeness (QED) is 0.783. The van der Waals surface area contributed by atoms with Crippen LogP contribution in [0.3, 0.4) is 0 Å². The number of hydrogen-bond acceptors (Lipinski definition) is 4. The van der Waals surface area contributed by atoms with Crippen LogP contribution in [0.2, 0.25) is 0 Å². The summed E-state index contributed by atoms with van der Waals surface area (Å²) in [5.41, 5.74) is 1.89. The van der Waals surface area contributed by atoms with Gasteiger partial charge in [-0.2, -0.15) is 0 Å². The summed E-state index contributed by atoms with van der Waals surface area (Å²) in [4.78, 5) is 16.3. The first kappa shape index (κ1) is 10.9. The van der Waals surface area contributed by atoms with Crippen molar-refractivity contribution in [1.29, 1.82) is 0 Å². The Kier molecular flexibility index (Phi) is 2.56. The van der Waals surface area contributed by atoms with Crippen LogP contribution in [0.15, 0.2) is 36.8 Å². The molecule has 1 aromatic carbocycles. The Balaban J connectivity index is 2.06. The standard InChI is InChI=1S/C12H9N3O2S/c16-12(17)8-1-2-10-11(5-8)15(7-13-10)6-9-3-4-14-18-9/h1-5,7H,6H2,(H,16,17). The molecule has 0 aliphatic carbocycles. The zero-order valence-electron chi connectivity index (χ0n) is 9.28. The highest BCUT2D eigenvalue weighted by Gasteiger charge is 2.08. The van der Waals surface area contributed by atoms with Crippen LogP contribution >= 0.6 is 11.5 Å². The predicted molar refractivity (Wildman–Crippen MR) is 67.9 cm³/mol. The topological polar surface area (TPSA) is 68.0 Å². The van der Waals surface area contributed by atoms with Gasteiger partial charge < -0.3 is 9.67 Å². The van der Waals surface area contributed by atoms with E-state index in [0.717, 1.165) is 15.9 Å². The van der Waals surface area contributed by atoms with Crippen LogP contribution in [0.5, 0.6) is 0 Å². The second-order valence-corrected chi connectivity index (χ2v) is 4.78. The third-order valence-electron chi connectivity index (χ3n) is 2.69. The van der Waals surface area contributed by atoms with Gasteiger partial charge in [0.2, 0.25) is 0 Å². The van der Waals surface area contributed by atoms with Crippen molar-refractivity contribution in [3.05, 3.63) is 47.2 Å². The van der Waals surface area contributed by atoms with E-state index >= 15 is 0 Å². The van der Waals surface area contributed by atoms with Crippen molar-refractivity contribution in [1.82, 2.24) is 13.9 Å². The van der Waals surface area contributed by atoms with Crippen molar-refractivity contribution in [2.24, 2.45) is 0 Å². The smallest absolute Gasteiger partial charge is 0.335 e. The number of imidazole rings is 1. The van der Waals surface area contributed by atoms with Crippen LogP contribution in [-0.4, -0.2) is 25.0 Å². The molecule has 0 bridgehead atoms. The molecule has 6 heteroatoms. The second-order valence-electron chi connectivity index (χ2n) is 3.86. The van der Waals surface area contributed by atoms with E-state index in [4.69, 9.17) is 5.11 Å². The van der Waals surface area contributed by atoms with Crippen LogP contribution in [0.1, 0.15) is 15.2 Å². The number of aromatic nitrogens is 3. The molecule has 0 aliphatic heterocycles. The van der Waals surface area contributed by atoms with E-state index in [1.54, 1.807) is 30.7 Å². The van der Waals surface area contributed by atoms with Gasteiger partial charge in [-0.3, -0.25) is 0 Å². The Morgan fingerprint density at radius 3 is 3.00 bits per heavy atom. The zero-order chi connectivity index (χ0) is 12.5. The summed E-state index contributed by atoms with van der Waals surface area (Å²) in [6.07, 6.45) is 3.47. The molecule has 0 amide bonds. The Labute approximate surface area is 106 Å². The first-order valence-electron chi connectivity index (χ1n) is 5.32. The molecule has 0 fully saturated rings. The molecule has 0 unspecified atom stereocenters. The van der Waals surface area contributed by atoms with Crippen molar-refractivity contribution < 1.29 is 9.90 Å². The number of benzene rings is 1. The molecule has 0 spiro atoms. The van der Waals surface area contributed by atoms with Gasteiger partial charge in [0.15, 0.2) is 0 Å². The normalized spacial score (nSPS) is 10.9. The molecule has 90 valence electrons. The molecule has 0 saturated carbocycles. The monoisotopic (exact) mass is 259 g/mol. The fourth-order valence-corrected chi connectivity index (χ4v) is 2.38. The maximum absolute atomic E-state index is 11.0. The van der Waals surface area contributed by atoms with Crippen LogP contribution in [0.25, 0.3) is 11.0 Å². The summed E-state index contributed by atoms with van der Waals surface area (Å²) in [5, 5.41) is 8.99. The third kappa shape index (κ3) is 1.86. The largest absolute Gasteiger partial charge is 0.478 e. The number of carboxylic acids is 1. The molecular weight excluding hydrogens is 250 g/mol. The number of aromatic carboxylic acids is 1. The van der Waals surface area contributed by atoms with Gasteiger partial charge in [0, 0.05) is 11.1 Å². The maximum atomic E-state index is 11.0. The number of fused-ring (bicyclic) bond motifs is 1. The molecule has 0 aliphatic rings. The number of rotatable bonds is 3. The Morgan fingerprint density at radius 1 is 1.39 bits per heavy atom. The lowest BCUT2D eigenvalue weighted by Gasteiger charge is -2.02. The van der Waals surface area contributed by atoms with E-state index in [1.165, 1.54) is 11.5 Å². The molecular formula is C12H9N3O2S. The molecule has 18 heavy (non-hydrogen) atoms. The van der Waals surface area contributed by atoms with E-state index < -0.39 is 5.97 Å². The van der Waals surface area contributed by atoms with E-state index in [1.807, 2.05) is 10.6 Å². The number of carbonyl (C=O) groups is 1. The van der Waals surface area contributed by atoms with Crippen LogP contribution in [0, 0.1) is 0 Å². The fourth-order valence-electron chi connectivity index (χ4n) is 1.81. The molecule has 3 rings (SSSR count). The summed E-state index contributed by atoms with van der Waals surface area (Å²) in [7, 11) is 0. The van der Waals surface area contributed by atoms with Crippen molar-refractivity contribution in [3.8, 4) is 0 Å². The summed E-state index contributed by atoms with van der Waals surface area (Å²) >= 11 is 1.43. The van der Waals surface area contributed by atoms with Gasteiger partial charge in [0.25, 0.3) is 0 Å². The van der Waals surface area contributed by atoms with Crippen molar-refractivity contribution in [2.75, 3.05) is 0 Å². The first-order chi connectivity index (χ1) is 8.74. The minimum absolute atomic E-state index is 0.272. The van der Waals surface area contributed by atoms with E-state index in [9.17, 15) is 4.79 Å². The van der Waals surface area contributed by atoms with Gasteiger partial charge in [-0.15, -0.1) is 0 Å². The number of hydrogen-bond donors (Lipinski definition) is 1. The highest BCUT2D eigenvalue weighted by Crippen LogP contribution is 2.17. The average molecular weight is 259 g/mol. The molecule has 2 heterocycles. The zero-order valence-corrected chi connectivity index (χ0v) is 10.1.